The Balaban J connectivity index is 0.000000305. The van der Waals surface area contributed by atoms with Crippen LogP contribution >= 0.6 is 0 Å². The zero-order valence-corrected chi connectivity index (χ0v) is 66.7. The molecule has 0 saturated carbocycles. The largest absolute Gasteiger partial charge is 0.507 e. The van der Waals surface area contributed by atoms with Crippen molar-refractivity contribution in [3.63, 3.8) is 0 Å². The van der Waals surface area contributed by atoms with Crippen LogP contribution in [0.3, 0.4) is 0 Å². The fourth-order valence-corrected chi connectivity index (χ4v) is 9.35. The van der Waals surface area contributed by atoms with Gasteiger partial charge in [-0.25, -0.2) is 43.2 Å². The normalized spacial score (nSPS) is 10.8. The number of benzene rings is 10. The van der Waals surface area contributed by atoms with Gasteiger partial charge < -0.3 is 114 Å². The summed E-state index contributed by atoms with van der Waals surface area (Å²) in [6.07, 6.45) is -0.582. The molecule has 652 valence electrons. The molecule has 0 heterocycles. The van der Waals surface area contributed by atoms with Gasteiger partial charge in [0.25, 0.3) is 0 Å². The van der Waals surface area contributed by atoms with E-state index in [4.69, 9.17) is 58.3 Å². The zero-order chi connectivity index (χ0) is 90.6. The number of hydrogen-bond donors (Lipinski definition) is 14. The van der Waals surface area contributed by atoms with Gasteiger partial charge in [0.05, 0.1) is 50.8 Å². The number of ketones is 1. The second kappa shape index (κ2) is 55.6. The summed E-state index contributed by atoms with van der Waals surface area (Å²) in [4.78, 5) is 116. The van der Waals surface area contributed by atoms with E-state index in [1.54, 1.807) is 141 Å². The Kier molecular flexibility index (Phi) is 45.3. The molecule has 0 amide bonds. The lowest BCUT2D eigenvalue weighted by molar-refractivity contribution is 0.0192. The van der Waals surface area contributed by atoms with Gasteiger partial charge in [0.1, 0.15) is 140 Å². The summed E-state index contributed by atoms with van der Waals surface area (Å²) in [5.41, 5.74) is 1.04. The smallest absolute Gasteiger partial charge is 0.342 e. The topological polar surface area (TPSA) is 537 Å². The van der Waals surface area contributed by atoms with Crippen LogP contribution in [0.15, 0.2) is 243 Å². The van der Waals surface area contributed by atoms with Crippen molar-refractivity contribution in [2.45, 2.75) is 64.8 Å². The van der Waals surface area contributed by atoms with Crippen LogP contribution in [0.1, 0.15) is 150 Å². The summed E-state index contributed by atoms with van der Waals surface area (Å²) in [5.74, 6) is -7.36. The lowest BCUT2D eigenvalue weighted by Gasteiger charge is -2.13. The summed E-state index contributed by atoms with van der Waals surface area (Å²) in [6, 6.07) is 60.9. The van der Waals surface area contributed by atoms with E-state index in [9.17, 15) is 99.0 Å². The number of aromatic hydroxyl groups is 10. The zero-order valence-electron chi connectivity index (χ0n) is 66.7. The molecule has 123 heavy (non-hydrogen) atoms. The molecular weight excluding hydrogens is 1610 g/mol. The first-order valence-corrected chi connectivity index (χ1v) is 37.4. The van der Waals surface area contributed by atoms with Crippen LogP contribution in [0.5, 0.6) is 57.5 Å². The molecule has 3 unspecified atom stereocenters. The summed E-state index contributed by atoms with van der Waals surface area (Å²) >= 11 is 0. The number of hydrogen-bond acceptors (Lipinski definition) is 33. The molecule has 33 nitrogen and oxygen atoms in total. The quantitative estimate of drug-likeness (QED) is 0.00860. The maximum atomic E-state index is 12.0. The lowest BCUT2D eigenvalue weighted by Crippen LogP contribution is -2.18. The number of Topliss-reactive ketones (excluding diaryl/α,β-unsaturated/α-hetero) is 1. The Bertz CT molecular complexity index is 4900. The van der Waals surface area contributed by atoms with Gasteiger partial charge in [-0.05, 0) is 149 Å². The van der Waals surface area contributed by atoms with Crippen LogP contribution in [0, 0.1) is 0 Å². The number of ether oxygens (including phenoxy) is 9. The Morgan fingerprint density at radius 1 is 0.252 bits per heavy atom. The molecule has 33 heteroatoms. The van der Waals surface area contributed by atoms with E-state index in [0.717, 1.165) is 0 Å². The Labute approximate surface area is 705 Å². The molecule has 14 N–H and O–H groups in total. The number of carbonyl (C=O) groups excluding carboxylic acids is 10. The van der Waals surface area contributed by atoms with Crippen molar-refractivity contribution >= 4 is 59.5 Å². The van der Waals surface area contributed by atoms with Crippen LogP contribution in [0.4, 0.5) is 0 Å². The molecule has 3 atom stereocenters. The standard InChI is InChI=1S/C18H18O5.C17H16O6.C16H14O6.3C10H12O4.C9H10O4/c1-12(23-18(22)14-7-3-5-9-16(14)20)10-11-17(21)13-6-2-4-8-15(13)19;18-14-8-3-1-6-12(14)16(20)22-10-5-11-23-17(21)13-7-2-4-9-15(13)19;17-13-7-3-1-5-11(13)15(19)21-9-10-22-16(20)12-6-2-4-8-14(12)18;1-7(11)6-14-10(13)8-4-2-3-5-9(8)12;1-7(6-11)14-10(13)8-4-2-3-5-9(8)12;11-6-3-7-14-10(13)8-4-1-2-5-9(8)12;10-5-6-13-9(12)7-3-1-2-4-8(7)11/h2-9,12,19-20H,10-11H2,1H3;1-4,6-9,18-19H,5,10-11H2;1-8,17-18H,9-10H2;2*2-5,7,11-12H,6H2,1H3;1-2,4-5,11-12H,3,6-7H2;1-4,10-11H,5-6H2. The van der Waals surface area contributed by atoms with Crippen LogP contribution < -0.4 is 0 Å². The maximum absolute atomic E-state index is 12.0. The average molecular weight is 1700 g/mol. The van der Waals surface area contributed by atoms with Gasteiger partial charge in [-0.1, -0.05) is 121 Å². The molecule has 0 fully saturated rings. The second-order valence-corrected chi connectivity index (χ2v) is 25.2. The van der Waals surface area contributed by atoms with E-state index >= 15 is 0 Å². The first kappa shape index (κ1) is 100. The third-order valence-electron chi connectivity index (χ3n) is 15.6. The van der Waals surface area contributed by atoms with Crippen molar-refractivity contribution < 1.29 is 162 Å². The molecule has 0 radical (unpaired) electrons. The first-order valence-electron chi connectivity index (χ1n) is 37.4. The van der Waals surface area contributed by atoms with Gasteiger partial charge >= 0.3 is 53.7 Å². The molecule has 0 aromatic heterocycles. The maximum Gasteiger partial charge on any atom is 0.342 e. The van der Waals surface area contributed by atoms with Crippen molar-refractivity contribution in [3.8, 4) is 57.5 Å². The summed E-state index contributed by atoms with van der Waals surface area (Å²) < 4.78 is 43.9. The number of aliphatic hydroxyl groups is 4. The average Bonchev–Trinajstić information content (AvgIpc) is 0.882. The van der Waals surface area contributed by atoms with Crippen LogP contribution in [0.25, 0.3) is 0 Å². The molecule has 0 saturated heterocycles. The Hall–Kier alpha value is -15.1. The molecule has 10 aromatic rings. The van der Waals surface area contributed by atoms with Crippen molar-refractivity contribution in [1.82, 2.24) is 0 Å². The highest BCUT2D eigenvalue weighted by atomic mass is 16.6. The van der Waals surface area contributed by atoms with Crippen molar-refractivity contribution in [2.75, 3.05) is 66.1 Å². The molecule has 0 bridgehead atoms. The van der Waals surface area contributed by atoms with E-state index in [-0.39, 0.29) is 191 Å². The second-order valence-electron chi connectivity index (χ2n) is 25.2. The minimum absolute atomic E-state index is 0.0198. The van der Waals surface area contributed by atoms with Gasteiger partial charge in [0.15, 0.2) is 5.78 Å². The van der Waals surface area contributed by atoms with Gasteiger partial charge in [0.2, 0.25) is 0 Å². The highest BCUT2D eigenvalue weighted by molar-refractivity contribution is 5.99. The minimum atomic E-state index is -0.711. The van der Waals surface area contributed by atoms with E-state index in [0.29, 0.717) is 19.3 Å². The predicted octanol–water partition coefficient (Wildman–Crippen LogP) is 11.3. The van der Waals surface area contributed by atoms with E-state index in [1.165, 1.54) is 122 Å². The Morgan fingerprint density at radius 2 is 0.463 bits per heavy atom. The third kappa shape index (κ3) is 36.8. The fraction of sp³-hybridized carbons (Fsp3) is 0.222. The number of phenols is 10. The van der Waals surface area contributed by atoms with Crippen molar-refractivity contribution in [1.29, 1.82) is 0 Å². The first-order chi connectivity index (χ1) is 58.9. The molecule has 10 rings (SSSR count). The predicted molar refractivity (Wildman–Crippen MR) is 439 cm³/mol. The molecule has 0 aliphatic heterocycles. The molecular formula is C90H94O33. The lowest BCUT2D eigenvalue weighted by atomic mass is 10.0. The van der Waals surface area contributed by atoms with Gasteiger partial charge in [-0.3, -0.25) is 4.79 Å². The van der Waals surface area contributed by atoms with Crippen LogP contribution in [0.2, 0.25) is 0 Å². The van der Waals surface area contributed by atoms with Crippen LogP contribution in [-0.4, -0.2) is 215 Å². The van der Waals surface area contributed by atoms with Crippen molar-refractivity contribution in [2.24, 2.45) is 0 Å². The Morgan fingerprint density at radius 3 is 0.699 bits per heavy atom. The molecule has 0 spiro atoms. The number of aliphatic hydroxyl groups excluding tert-OH is 4. The number of rotatable bonds is 30. The van der Waals surface area contributed by atoms with Crippen LogP contribution in [-0.2, 0) is 42.6 Å². The van der Waals surface area contributed by atoms with E-state index in [1.807, 2.05) is 0 Å². The van der Waals surface area contributed by atoms with E-state index < -0.39 is 72.0 Å². The molecule has 0 aliphatic rings. The number of para-hydroxylation sites is 10. The SMILES string of the molecule is CC(CCC(=O)c1ccccc1O)OC(=O)c1ccccc1O.CC(CO)OC(=O)c1ccccc1O.CC(O)COC(=O)c1ccccc1O.O=C(OCCCO)c1ccccc1O.O=C(OCCCOC(=O)c1ccccc1O)c1ccccc1O.O=C(OCCO)c1ccccc1O.O=C(OCCOC(=O)c1ccccc1O)c1ccccc1O. The fourth-order valence-electron chi connectivity index (χ4n) is 9.35. The van der Waals surface area contributed by atoms with Gasteiger partial charge in [-0.15, -0.1) is 0 Å². The molecule has 10 aromatic carbocycles. The van der Waals surface area contributed by atoms with E-state index in [2.05, 4.69) is 4.74 Å². The third-order valence-corrected chi connectivity index (χ3v) is 15.6. The highest BCUT2D eigenvalue weighted by Crippen LogP contribution is 2.26. The van der Waals surface area contributed by atoms with Gasteiger partial charge in [-0.2, -0.15) is 0 Å². The summed E-state index contributed by atoms with van der Waals surface area (Å²) in [5, 5.41) is 129. The highest BCUT2D eigenvalue weighted by Gasteiger charge is 2.22. The van der Waals surface area contributed by atoms with Gasteiger partial charge in [0, 0.05) is 25.9 Å². The minimum Gasteiger partial charge on any atom is -0.507 e. The monoisotopic (exact) mass is 1700 g/mol. The summed E-state index contributed by atoms with van der Waals surface area (Å²) in [6.45, 7) is 4.06. The number of carbonyl (C=O) groups is 10. The number of phenolic OH excluding ortho intramolecular Hbond substituents is 10. The summed E-state index contributed by atoms with van der Waals surface area (Å²) in [7, 11) is 0. The molecule has 0 aliphatic carbocycles. The number of esters is 9. The van der Waals surface area contributed by atoms with Crippen molar-refractivity contribution in [3.05, 3.63) is 298 Å².